The Morgan fingerprint density at radius 3 is 2.26 bits per heavy atom. The van der Waals surface area contributed by atoms with Crippen LogP contribution in [0.5, 0.6) is 0 Å². The van der Waals surface area contributed by atoms with E-state index in [9.17, 15) is 14.7 Å². The third-order valence-corrected chi connectivity index (χ3v) is 2.34. The molecule has 0 heterocycles. The van der Waals surface area contributed by atoms with Crippen molar-refractivity contribution in [3.05, 3.63) is 35.9 Å². The van der Waals surface area contributed by atoms with Crippen LogP contribution in [-0.4, -0.2) is 28.6 Å². The first-order valence-corrected chi connectivity index (χ1v) is 6.26. The summed E-state index contributed by atoms with van der Waals surface area (Å²) in [5.41, 5.74) is -0.0500. The molecule has 4 nitrogen and oxygen atoms in total. The minimum atomic E-state index is -1.01. The second-order valence-electron chi connectivity index (χ2n) is 5.44. The van der Waals surface area contributed by atoms with Gasteiger partial charge < -0.3 is 9.84 Å². The van der Waals surface area contributed by atoms with Gasteiger partial charge in [0.2, 0.25) is 0 Å². The summed E-state index contributed by atoms with van der Waals surface area (Å²) in [5, 5.41) is 9.73. The number of carbonyl (C=O) groups excluding carboxylic acids is 2. The van der Waals surface area contributed by atoms with Crippen LogP contribution >= 0.6 is 0 Å². The van der Waals surface area contributed by atoms with Gasteiger partial charge in [-0.05, 0) is 20.8 Å². The van der Waals surface area contributed by atoms with Crippen LogP contribution in [0.4, 0.5) is 0 Å². The molecule has 1 atom stereocenters. The van der Waals surface area contributed by atoms with Crippen LogP contribution in [-0.2, 0) is 9.53 Å². The van der Waals surface area contributed by atoms with Crippen LogP contribution in [0.15, 0.2) is 30.3 Å². The zero-order chi connectivity index (χ0) is 14.5. The van der Waals surface area contributed by atoms with Crippen molar-refractivity contribution in [1.82, 2.24) is 0 Å². The Kier molecular flexibility index (Phi) is 5.24. The number of esters is 1. The van der Waals surface area contributed by atoms with Gasteiger partial charge in [-0.25, -0.2) is 0 Å². The molecule has 0 saturated carbocycles. The quantitative estimate of drug-likeness (QED) is 0.655. The third-order valence-electron chi connectivity index (χ3n) is 2.34. The summed E-state index contributed by atoms with van der Waals surface area (Å²) in [7, 11) is 0. The Bertz CT molecular complexity index is 431. The van der Waals surface area contributed by atoms with Crippen molar-refractivity contribution in [2.75, 3.05) is 0 Å². The average molecular weight is 264 g/mol. The number of benzene rings is 1. The molecule has 1 rings (SSSR count). The summed E-state index contributed by atoms with van der Waals surface area (Å²) in [5.74, 6) is -0.683. The standard InChI is InChI=1S/C15H20O4/c1-15(2,3)19-14(18)10-12(16)9-13(17)11-7-5-4-6-8-11/h4-8,12,16H,9-10H2,1-3H3/t12-/m0/s1. The summed E-state index contributed by atoms with van der Waals surface area (Å²) < 4.78 is 5.09. The number of ether oxygens (including phenoxy) is 1. The molecule has 0 amide bonds. The number of hydrogen-bond donors (Lipinski definition) is 1. The first-order valence-electron chi connectivity index (χ1n) is 6.26. The van der Waals surface area contributed by atoms with Crippen LogP contribution in [0.1, 0.15) is 44.0 Å². The fourth-order valence-corrected chi connectivity index (χ4v) is 1.60. The number of aliphatic hydroxyl groups excluding tert-OH is 1. The first kappa shape index (κ1) is 15.4. The molecule has 0 aliphatic carbocycles. The van der Waals surface area contributed by atoms with Gasteiger partial charge in [-0.15, -0.1) is 0 Å². The fourth-order valence-electron chi connectivity index (χ4n) is 1.60. The molecule has 1 aromatic carbocycles. The number of Topliss-reactive ketones (excluding diaryl/α,β-unsaturated/α-hetero) is 1. The van der Waals surface area contributed by atoms with Crippen LogP contribution in [0.3, 0.4) is 0 Å². The van der Waals surface area contributed by atoms with E-state index in [-0.39, 0.29) is 18.6 Å². The maximum atomic E-state index is 11.8. The van der Waals surface area contributed by atoms with Crippen molar-refractivity contribution in [3.8, 4) is 0 Å². The average Bonchev–Trinajstić information content (AvgIpc) is 2.27. The Labute approximate surface area is 113 Å². The molecular formula is C15H20O4. The van der Waals surface area contributed by atoms with Crippen molar-refractivity contribution in [3.63, 3.8) is 0 Å². The molecule has 0 spiro atoms. The lowest BCUT2D eigenvalue weighted by Crippen LogP contribution is -2.27. The van der Waals surface area contributed by atoms with E-state index >= 15 is 0 Å². The van der Waals surface area contributed by atoms with Crippen molar-refractivity contribution in [1.29, 1.82) is 0 Å². The van der Waals surface area contributed by atoms with Crippen LogP contribution in [0, 0.1) is 0 Å². The van der Waals surface area contributed by atoms with Gasteiger partial charge in [0.15, 0.2) is 5.78 Å². The molecule has 0 aromatic heterocycles. The van der Waals surface area contributed by atoms with Crippen LogP contribution in [0.2, 0.25) is 0 Å². The van der Waals surface area contributed by atoms with Crippen molar-refractivity contribution in [2.45, 2.75) is 45.3 Å². The molecule has 0 aliphatic heterocycles. The Morgan fingerprint density at radius 1 is 1.16 bits per heavy atom. The predicted molar refractivity (Wildman–Crippen MR) is 71.9 cm³/mol. The monoisotopic (exact) mass is 264 g/mol. The van der Waals surface area contributed by atoms with E-state index in [1.165, 1.54) is 0 Å². The van der Waals surface area contributed by atoms with Gasteiger partial charge in [-0.1, -0.05) is 30.3 Å². The van der Waals surface area contributed by atoms with E-state index in [4.69, 9.17) is 4.74 Å². The Hall–Kier alpha value is -1.68. The number of ketones is 1. The molecule has 0 fully saturated rings. The molecule has 4 heteroatoms. The number of aliphatic hydroxyl groups is 1. The lowest BCUT2D eigenvalue weighted by Gasteiger charge is -2.20. The van der Waals surface area contributed by atoms with Gasteiger partial charge in [0, 0.05) is 12.0 Å². The summed E-state index contributed by atoms with van der Waals surface area (Å²) >= 11 is 0. The highest BCUT2D eigenvalue weighted by atomic mass is 16.6. The summed E-state index contributed by atoms with van der Waals surface area (Å²) in [6.07, 6.45) is -1.26. The van der Waals surface area contributed by atoms with Crippen molar-refractivity contribution in [2.24, 2.45) is 0 Å². The second-order valence-corrected chi connectivity index (χ2v) is 5.44. The first-order chi connectivity index (χ1) is 8.78. The van der Waals surface area contributed by atoms with E-state index in [0.29, 0.717) is 5.56 Å². The highest BCUT2D eigenvalue weighted by Gasteiger charge is 2.21. The van der Waals surface area contributed by atoms with Gasteiger partial charge >= 0.3 is 5.97 Å². The van der Waals surface area contributed by atoms with Crippen molar-refractivity contribution < 1.29 is 19.4 Å². The molecular weight excluding hydrogens is 244 g/mol. The Balaban J connectivity index is 2.45. The largest absolute Gasteiger partial charge is 0.460 e. The smallest absolute Gasteiger partial charge is 0.308 e. The number of rotatable bonds is 5. The predicted octanol–water partition coefficient (Wildman–Crippen LogP) is 2.35. The van der Waals surface area contributed by atoms with Crippen LogP contribution in [0.25, 0.3) is 0 Å². The maximum Gasteiger partial charge on any atom is 0.308 e. The molecule has 0 unspecified atom stereocenters. The molecule has 1 aromatic rings. The second kappa shape index (κ2) is 6.48. The lowest BCUT2D eigenvalue weighted by molar-refractivity contribution is -0.156. The fraction of sp³-hybridized carbons (Fsp3) is 0.467. The SMILES string of the molecule is CC(C)(C)OC(=O)C[C@@H](O)CC(=O)c1ccccc1. The van der Waals surface area contributed by atoms with E-state index in [0.717, 1.165) is 0 Å². The minimum absolute atomic E-state index is 0.0801. The molecule has 0 radical (unpaired) electrons. The molecule has 19 heavy (non-hydrogen) atoms. The van der Waals surface area contributed by atoms with Gasteiger partial charge in [0.1, 0.15) is 5.60 Å². The van der Waals surface area contributed by atoms with Gasteiger partial charge in [0.05, 0.1) is 12.5 Å². The van der Waals surface area contributed by atoms with E-state index < -0.39 is 17.7 Å². The van der Waals surface area contributed by atoms with Gasteiger partial charge in [-0.3, -0.25) is 9.59 Å². The Morgan fingerprint density at radius 2 is 1.74 bits per heavy atom. The lowest BCUT2D eigenvalue weighted by atomic mass is 10.0. The number of carbonyl (C=O) groups is 2. The number of hydrogen-bond acceptors (Lipinski definition) is 4. The third kappa shape index (κ3) is 6.15. The van der Waals surface area contributed by atoms with Gasteiger partial charge in [-0.2, -0.15) is 0 Å². The van der Waals surface area contributed by atoms with E-state index in [1.54, 1.807) is 45.0 Å². The molecule has 1 N–H and O–H groups in total. The van der Waals surface area contributed by atoms with Gasteiger partial charge in [0.25, 0.3) is 0 Å². The maximum absolute atomic E-state index is 11.8. The summed E-state index contributed by atoms with van der Waals surface area (Å²) in [6.45, 7) is 5.27. The van der Waals surface area contributed by atoms with Crippen LogP contribution < -0.4 is 0 Å². The zero-order valence-electron chi connectivity index (χ0n) is 11.6. The zero-order valence-corrected chi connectivity index (χ0v) is 11.6. The molecule has 104 valence electrons. The highest BCUT2D eigenvalue weighted by Crippen LogP contribution is 2.12. The highest BCUT2D eigenvalue weighted by molar-refractivity contribution is 5.96. The summed E-state index contributed by atoms with van der Waals surface area (Å²) in [6, 6.07) is 8.69. The van der Waals surface area contributed by atoms with E-state index in [2.05, 4.69) is 0 Å². The molecule has 0 bridgehead atoms. The molecule has 0 aliphatic rings. The molecule has 0 saturated heterocycles. The van der Waals surface area contributed by atoms with E-state index in [1.807, 2.05) is 6.07 Å². The topological polar surface area (TPSA) is 63.6 Å². The minimum Gasteiger partial charge on any atom is -0.460 e. The normalized spacial score (nSPS) is 12.8. The summed E-state index contributed by atoms with van der Waals surface area (Å²) in [4.78, 5) is 23.3. The van der Waals surface area contributed by atoms with Crippen molar-refractivity contribution >= 4 is 11.8 Å².